The highest BCUT2D eigenvalue weighted by Crippen LogP contribution is 2.12. The molecule has 0 aliphatic carbocycles. The van der Waals surface area contributed by atoms with Crippen molar-refractivity contribution in [2.24, 2.45) is 0 Å². The summed E-state index contributed by atoms with van der Waals surface area (Å²) in [6, 6.07) is 8.06. The molecule has 1 aromatic carbocycles. The first-order valence-electron chi connectivity index (χ1n) is 7.61. The van der Waals surface area contributed by atoms with Crippen LogP contribution >= 0.6 is 12.2 Å². The molecule has 0 unspecified atom stereocenters. The van der Waals surface area contributed by atoms with E-state index in [9.17, 15) is 0 Å². The van der Waals surface area contributed by atoms with Crippen molar-refractivity contribution in [2.75, 3.05) is 53.6 Å². The van der Waals surface area contributed by atoms with Crippen LogP contribution in [0.25, 0.3) is 0 Å². The number of benzene rings is 1. The Morgan fingerprint density at radius 3 is 2.64 bits per heavy atom. The van der Waals surface area contributed by atoms with Crippen LogP contribution in [0.2, 0.25) is 0 Å². The second-order valence-corrected chi connectivity index (χ2v) is 5.78. The molecule has 1 N–H and O–H groups in total. The van der Waals surface area contributed by atoms with E-state index >= 15 is 0 Å². The van der Waals surface area contributed by atoms with Crippen molar-refractivity contribution in [1.29, 1.82) is 0 Å². The summed E-state index contributed by atoms with van der Waals surface area (Å²) in [6.07, 6.45) is 0. The van der Waals surface area contributed by atoms with Crippen LogP contribution in [0.1, 0.15) is 5.56 Å². The monoisotopic (exact) mass is 323 g/mol. The molecule has 0 spiro atoms. The third-order valence-electron chi connectivity index (χ3n) is 3.73. The Hall–Kier alpha value is -1.37. The van der Waals surface area contributed by atoms with Gasteiger partial charge in [0.2, 0.25) is 0 Å². The molecule has 122 valence electrons. The Balaban J connectivity index is 1.69. The predicted octanol–water partition coefficient (Wildman–Crippen LogP) is 1.33. The summed E-state index contributed by atoms with van der Waals surface area (Å²) in [6.45, 7) is 6.34. The van der Waals surface area contributed by atoms with Gasteiger partial charge in [-0.2, -0.15) is 0 Å². The fraction of sp³-hybridized carbons (Fsp3) is 0.562. The lowest BCUT2D eigenvalue weighted by molar-refractivity contribution is 0.0389. The number of hydrogen-bond acceptors (Lipinski definition) is 4. The topological polar surface area (TPSA) is 37.0 Å². The van der Waals surface area contributed by atoms with E-state index in [0.717, 1.165) is 56.8 Å². The zero-order valence-corrected chi connectivity index (χ0v) is 14.2. The van der Waals surface area contributed by atoms with Crippen molar-refractivity contribution < 1.29 is 9.47 Å². The first-order valence-corrected chi connectivity index (χ1v) is 8.02. The molecular weight excluding hydrogens is 298 g/mol. The molecule has 1 aliphatic rings. The van der Waals surface area contributed by atoms with E-state index in [2.05, 4.69) is 27.2 Å². The number of hydrogen-bond donors (Lipinski definition) is 1. The van der Waals surface area contributed by atoms with Gasteiger partial charge in [-0.3, -0.25) is 4.90 Å². The fourth-order valence-electron chi connectivity index (χ4n) is 2.36. The molecule has 0 radical (unpaired) electrons. The maximum Gasteiger partial charge on any atom is 0.169 e. The number of rotatable bonds is 6. The fourth-order valence-corrected chi connectivity index (χ4v) is 2.52. The minimum Gasteiger partial charge on any atom is -0.497 e. The van der Waals surface area contributed by atoms with Crippen molar-refractivity contribution >= 4 is 17.3 Å². The summed E-state index contributed by atoms with van der Waals surface area (Å²) in [5.74, 6) is 0.873. The molecule has 0 atom stereocenters. The van der Waals surface area contributed by atoms with Gasteiger partial charge >= 0.3 is 0 Å². The average molecular weight is 323 g/mol. The molecule has 0 aromatic heterocycles. The first-order chi connectivity index (χ1) is 10.7. The molecular formula is C16H25N3O2S. The Morgan fingerprint density at radius 1 is 1.32 bits per heavy atom. The summed E-state index contributed by atoms with van der Waals surface area (Å²) >= 11 is 5.44. The van der Waals surface area contributed by atoms with Gasteiger partial charge in [0.05, 0.1) is 20.3 Å². The largest absolute Gasteiger partial charge is 0.497 e. The highest BCUT2D eigenvalue weighted by atomic mass is 32.1. The van der Waals surface area contributed by atoms with Gasteiger partial charge in [0.15, 0.2) is 5.11 Å². The van der Waals surface area contributed by atoms with Gasteiger partial charge in [0.25, 0.3) is 0 Å². The highest BCUT2D eigenvalue weighted by Gasteiger charge is 2.10. The lowest BCUT2D eigenvalue weighted by Crippen LogP contribution is -2.43. The van der Waals surface area contributed by atoms with E-state index in [1.807, 2.05) is 19.2 Å². The molecule has 0 amide bonds. The highest BCUT2D eigenvalue weighted by molar-refractivity contribution is 7.80. The molecule has 1 aliphatic heterocycles. The quantitative estimate of drug-likeness (QED) is 0.796. The molecule has 22 heavy (non-hydrogen) atoms. The second-order valence-electron chi connectivity index (χ2n) is 5.39. The summed E-state index contributed by atoms with van der Waals surface area (Å²) in [5.41, 5.74) is 1.21. The molecule has 0 saturated carbocycles. The van der Waals surface area contributed by atoms with E-state index in [-0.39, 0.29) is 0 Å². The number of morpholine rings is 1. The van der Waals surface area contributed by atoms with Crippen LogP contribution in [0.4, 0.5) is 0 Å². The maximum absolute atomic E-state index is 5.44. The van der Waals surface area contributed by atoms with Crippen molar-refractivity contribution in [2.45, 2.75) is 6.54 Å². The minimum absolute atomic E-state index is 0.782. The number of methoxy groups -OCH3 is 1. The van der Waals surface area contributed by atoms with Crippen molar-refractivity contribution in [1.82, 2.24) is 15.1 Å². The Labute approximate surface area is 138 Å². The molecule has 1 fully saturated rings. The maximum atomic E-state index is 5.44. The lowest BCUT2D eigenvalue weighted by atomic mass is 10.2. The van der Waals surface area contributed by atoms with E-state index in [4.69, 9.17) is 21.7 Å². The van der Waals surface area contributed by atoms with E-state index in [0.29, 0.717) is 0 Å². The molecule has 6 heteroatoms. The summed E-state index contributed by atoms with van der Waals surface area (Å²) < 4.78 is 10.5. The normalized spacial score (nSPS) is 15.4. The number of ether oxygens (including phenoxy) is 2. The van der Waals surface area contributed by atoms with E-state index in [1.165, 1.54) is 5.56 Å². The van der Waals surface area contributed by atoms with Gasteiger partial charge in [-0.15, -0.1) is 0 Å². The standard InChI is InChI=1S/C16H25N3O2S/c1-18(13-14-3-5-15(20-2)6-4-14)16(22)17-7-8-19-9-11-21-12-10-19/h3-6H,7-13H2,1-2H3,(H,17,22). The number of nitrogens with one attached hydrogen (secondary N) is 1. The molecule has 5 nitrogen and oxygen atoms in total. The van der Waals surface area contributed by atoms with E-state index in [1.54, 1.807) is 7.11 Å². The minimum atomic E-state index is 0.782. The Bertz CT molecular complexity index is 461. The van der Waals surface area contributed by atoms with Crippen molar-refractivity contribution in [3.05, 3.63) is 29.8 Å². The Kier molecular flexibility index (Phi) is 6.89. The van der Waals surface area contributed by atoms with Gasteiger partial charge in [-0.25, -0.2) is 0 Å². The van der Waals surface area contributed by atoms with Gasteiger partial charge < -0.3 is 19.7 Å². The van der Waals surface area contributed by atoms with Crippen LogP contribution in [0.15, 0.2) is 24.3 Å². The second kappa shape index (κ2) is 8.92. The van der Waals surface area contributed by atoms with E-state index < -0.39 is 0 Å². The summed E-state index contributed by atoms with van der Waals surface area (Å²) in [4.78, 5) is 4.44. The SMILES string of the molecule is COc1ccc(CN(C)C(=S)NCCN2CCOCC2)cc1. The lowest BCUT2D eigenvalue weighted by Gasteiger charge is -2.27. The van der Waals surface area contributed by atoms with Crippen LogP contribution in [0.5, 0.6) is 5.75 Å². The molecule has 1 aromatic rings. The zero-order chi connectivity index (χ0) is 15.8. The Morgan fingerprint density at radius 2 is 2.00 bits per heavy atom. The van der Waals surface area contributed by atoms with Crippen LogP contribution < -0.4 is 10.1 Å². The molecule has 0 bridgehead atoms. The third kappa shape index (κ3) is 5.44. The van der Waals surface area contributed by atoms with Crippen LogP contribution in [0, 0.1) is 0 Å². The number of thiocarbonyl (C=S) groups is 1. The van der Waals surface area contributed by atoms with Crippen LogP contribution in [-0.2, 0) is 11.3 Å². The number of nitrogens with zero attached hydrogens (tertiary/aromatic N) is 2. The summed E-state index contributed by atoms with van der Waals surface area (Å²) in [5, 5.41) is 4.10. The molecule has 2 rings (SSSR count). The van der Waals surface area contributed by atoms with Crippen LogP contribution in [-0.4, -0.2) is 68.5 Å². The van der Waals surface area contributed by atoms with Gasteiger partial charge in [-0.05, 0) is 29.9 Å². The smallest absolute Gasteiger partial charge is 0.169 e. The van der Waals surface area contributed by atoms with Gasteiger partial charge in [0.1, 0.15) is 5.75 Å². The van der Waals surface area contributed by atoms with Gasteiger partial charge in [-0.1, -0.05) is 12.1 Å². The van der Waals surface area contributed by atoms with Gasteiger partial charge in [0, 0.05) is 39.8 Å². The average Bonchev–Trinajstić information content (AvgIpc) is 2.56. The molecule has 1 heterocycles. The predicted molar refractivity (Wildman–Crippen MR) is 92.3 cm³/mol. The zero-order valence-electron chi connectivity index (χ0n) is 13.4. The first kappa shape index (κ1) is 17.0. The molecule has 1 saturated heterocycles. The third-order valence-corrected chi connectivity index (χ3v) is 4.19. The van der Waals surface area contributed by atoms with Crippen molar-refractivity contribution in [3.8, 4) is 5.75 Å². The summed E-state index contributed by atoms with van der Waals surface area (Å²) in [7, 11) is 3.68. The van der Waals surface area contributed by atoms with Crippen molar-refractivity contribution in [3.63, 3.8) is 0 Å². The van der Waals surface area contributed by atoms with Crippen LogP contribution in [0.3, 0.4) is 0 Å².